The number of hydrogen-bond acceptors (Lipinski definition) is 7. The van der Waals surface area contributed by atoms with Gasteiger partial charge in [0, 0.05) is 50.0 Å². The van der Waals surface area contributed by atoms with E-state index in [2.05, 4.69) is 36.0 Å². The molecule has 162 valence electrons. The Kier molecular flexibility index (Phi) is 6.47. The number of rotatable bonds is 6. The molecule has 4 rings (SSSR count). The van der Waals surface area contributed by atoms with Crippen molar-refractivity contribution in [1.29, 1.82) is 0 Å². The van der Waals surface area contributed by atoms with E-state index < -0.39 is 5.97 Å². The molecule has 1 N–H and O–H groups in total. The van der Waals surface area contributed by atoms with Crippen LogP contribution < -0.4 is 9.64 Å². The van der Waals surface area contributed by atoms with Crippen LogP contribution in [-0.4, -0.2) is 45.5 Å². The molecule has 1 aliphatic heterocycles. The van der Waals surface area contributed by atoms with Crippen LogP contribution in [0.3, 0.4) is 0 Å². The predicted octanol–water partition coefficient (Wildman–Crippen LogP) is 4.81. The molecule has 1 saturated heterocycles. The largest absolute Gasteiger partial charge is 0.489 e. The van der Waals surface area contributed by atoms with E-state index in [4.69, 9.17) is 4.74 Å². The monoisotopic (exact) mass is 506 g/mol. The number of ether oxygens (including phenoxy) is 1. The average molecular weight is 507 g/mol. The summed E-state index contributed by atoms with van der Waals surface area (Å²) in [6.45, 7) is 3.38. The molecule has 1 aliphatic rings. The smallest absolute Gasteiger partial charge is 0.337 e. The maximum absolute atomic E-state index is 13.5. The van der Waals surface area contributed by atoms with Crippen molar-refractivity contribution in [3.8, 4) is 16.3 Å². The van der Waals surface area contributed by atoms with Crippen LogP contribution in [0.5, 0.6) is 5.75 Å². The minimum Gasteiger partial charge on any atom is -0.489 e. The third kappa shape index (κ3) is 4.69. The highest BCUT2D eigenvalue weighted by atomic mass is 79.9. The molecule has 7 nitrogen and oxygen atoms in total. The van der Waals surface area contributed by atoms with Gasteiger partial charge in [0.1, 0.15) is 17.7 Å². The predicted molar refractivity (Wildman–Crippen MR) is 119 cm³/mol. The van der Waals surface area contributed by atoms with Crippen molar-refractivity contribution in [2.75, 3.05) is 18.0 Å². The number of piperidine rings is 1. The van der Waals surface area contributed by atoms with Crippen molar-refractivity contribution in [1.82, 2.24) is 15.2 Å². The molecule has 0 saturated carbocycles. The van der Waals surface area contributed by atoms with Gasteiger partial charge in [-0.2, -0.15) is 0 Å². The SMILES string of the molecule is CCc1c(C(=O)O)cncc1-c1nnc(N2CCC(Oc3cc(F)ccc3Br)CC2)s1. The molecule has 0 aliphatic carbocycles. The minimum atomic E-state index is -0.997. The summed E-state index contributed by atoms with van der Waals surface area (Å²) in [6, 6.07) is 4.41. The van der Waals surface area contributed by atoms with Crippen LogP contribution in [0.15, 0.2) is 35.1 Å². The lowest BCUT2D eigenvalue weighted by Gasteiger charge is -2.31. The second-order valence-corrected chi connectivity index (χ2v) is 8.95. The Bertz CT molecular complexity index is 1100. The maximum Gasteiger partial charge on any atom is 0.337 e. The van der Waals surface area contributed by atoms with Crippen molar-refractivity contribution in [2.24, 2.45) is 0 Å². The number of benzene rings is 1. The van der Waals surface area contributed by atoms with E-state index in [1.54, 1.807) is 12.3 Å². The van der Waals surface area contributed by atoms with Gasteiger partial charge in [-0.25, -0.2) is 9.18 Å². The molecule has 0 amide bonds. The molecular formula is C21H20BrFN4O3S. The zero-order valence-electron chi connectivity index (χ0n) is 16.7. The molecular weight excluding hydrogens is 487 g/mol. The first kappa shape index (κ1) is 21.6. The Morgan fingerprint density at radius 2 is 2.10 bits per heavy atom. The standard InChI is InChI=1S/C21H20BrFN4O3S/c1-2-14-15(10-24-11-16(14)20(28)29)19-25-26-21(31-19)27-7-5-13(6-8-27)30-18-9-12(23)3-4-17(18)22/h3-4,9-11,13H,2,5-8H2,1H3,(H,28,29). The van der Waals surface area contributed by atoms with Crippen molar-refractivity contribution >= 4 is 38.4 Å². The lowest BCUT2D eigenvalue weighted by Crippen LogP contribution is -2.38. The number of pyridine rings is 1. The third-order valence-corrected chi connectivity index (χ3v) is 6.86. The number of nitrogens with zero attached hydrogens (tertiary/aromatic N) is 4. The van der Waals surface area contributed by atoms with Gasteiger partial charge < -0.3 is 14.7 Å². The average Bonchev–Trinajstić information content (AvgIpc) is 3.26. The van der Waals surface area contributed by atoms with Crippen LogP contribution in [0.2, 0.25) is 0 Å². The van der Waals surface area contributed by atoms with Gasteiger partial charge in [-0.3, -0.25) is 4.98 Å². The summed E-state index contributed by atoms with van der Waals surface area (Å²) in [4.78, 5) is 17.7. The van der Waals surface area contributed by atoms with Gasteiger partial charge in [0.2, 0.25) is 5.13 Å². The number of aromatic carboxylic acids is 1. The van der Waals surface area contributed by atoms with E-state index in [0.717, 1.165) is 35.5 Å². The zero-order chi connectivity index (χ0) is 22.0. The fraction of sp³-hybridized carbons (Fsp3) is 0.333. The van der Waals surface area contributed by atoms with Crippen molar-refractivity contribution in [2.45, 2.75) is 32.3 Å². The lowest BCUT2D eigenvalue weighted by molar-refractivity contribution is 0.0695. The summed E-state index contributed by atoms with van der Waals surface area (Å²) in [5.74, 6) is -0.817. The summed E-state index contributed by atoms with van der Waals surface area (Å²) in [7, 11) is 0. The molecule has 0 spiro atoms. The number of aromatic nitrogens is 3. The van der Waals surface area contributed by atoms with E-state index in [1.165, 1.54) is 29.7 Å². The van der Waals surface area contributed by atoms with E-state index in [0.29, 0.717) is 28.3 Å². The van der Waals surface area contributed by atoms with Crippen LogP contribution >= 0.6 is 27.3 Å². The number of carboxylic acid groups (broad SMARTS) is 1. The highest BCUT2D eigenvalue weighted by Gasteiger charge is 2.25. The fourth-order valence-corrected chi connectivity index (χ4v) is 4.87. The van der Waals surface area contributed by atoms with Crippen molar-refractivity contribution in [3.63, 3.8) is 0 Å². The fourth-order valence-electron chi connectivity index (χ4n) is 3.60. The topological polar surface area (TPSA) is 88.4 Å². The van der Waals surface area contributed by atoms with E-state index in [9.17, 15) is 14.3 Å². The van der Waals surface area contributed by atoms with Gasteiger partial charge >= 0.3 is 5.97 Å². The Balaban J connectivity index is 1.45. The van der Waals surface area contributed by atoms with Gasteiger partial charge in [0.25, 0.3) is 0 Å². The van der Waals surface area contributed by atoms with Crippen LogP contribution in [0.25, 0.3) is 10.6 Å². The number of halogens is 2. The summed E-state index contributed by atoms with van der Waals surface area (Å²) in [6.07, 6.45) is 5.11. The molecule has 10 heteroatoms. The van der Waals surface area contributed by atoms with E-state index in [1.807, 2.05) is 6.92 Å². The first-order chi connectivity index (χ1) is 15.0. The number of carbonyl (C=O) groups is 1. The zero-order valence-corrected chi connectivity index (χ0v) is 19.1. The maximum atomic E-state index is 13.5. The van der Waals surface area contributed by atoms with E-state index in [-0.39, 0.29) is 17.5 Å². The van der Waals surface area contributed by atoms with Gasteiger partial charge in [-0.05, 0) is 40.0 Å². The molecule has 31 heavy (non-hydrogen) atoms. The minimum absolute atomic E-state index is 0.00937. The third-order valence-electron chi connectivity index (χ3n) is 5.19. The molecule has 1 fully saturated rings. The van der Waals surface area contributed by atoms with Crippen molar-refractivity contribution in [3.05, 3.63) is 52.0 Å². The molecule has 2 aromatic heterocycles. The molecule has 0 atom stereocenters. The Hall–Kier alpha value is -2.59. The van der Waals surface area contributed by atoms with Crippen LogP contribution in [0.1, 0.15) is 35.7 Å². The number of hydrogen-bond donors (Lipinski definition) is 1. The van der Waals surface area contributed by atoms with Gasteiger partial charge in [-0.1, -0.05) is 18.3 Å². The number of carboxylic acids is 1. The highest BCUT2D eigenvalue weighted by Crippen LogP contribution is 2.34. The molecule has 0 radical (unpaired) electrons. The Morgan fingerprint density at radius 1 is 1.32 bits per heavy atom. The first-order valence-electron chi connectivity index (χ1n) is 9.87. The molecule has 3 aromatic rings. The normalized spacial score (nSPS) is 14.6. The summed E-state index contributed by atoms with van der Waals surface area (Å²) in [5, 5.41) is 19.5. The van der Waals surface area contributed by atoms with Crippen LogP contribution in [0, 0.1) is 5.82 Å². The molecule has 1 aromatic carbocycles. The summed E-state index contributed by atoms with van der Waals surface area (Å²) < 4.78 is 20.2. The van der Waals surface area contributed by atoms with Gasteiger partial charge in [-0.15, -0.1) is 10.2 Å². The molecule has 3 heterocycles. The second kappa shape index (κ2) is 9.27. The van der Waals surface area contributed by atoms with E-state index >= 15 is 0 Å². The second-order valence-electron chi connectivity index (χ2n) is 7.14. The van der Waals surface area contributed by atoms with Gasteiger partial charge in [0.05, 0.1) is 10.0 Å². The quantitative estimate of drug-likeness (QED) is 0.512. The molecule has 0 unspecified atom stereocenters. The summed E-state index contributed by atoms with van der Waals surface area (Å²) in [5.41, 5.74) is 1.61. The Morgan fingerprint density at radius 3 is 2.81 bits per heavy atom. The highest BCUT2D eigenvalue weighted by molar-refractivity contribution is 9.10. The summed E-state index contributed by atoms with van der Waals surface area (Å²) >= 11 is 4.82. The lowest BCUT2D eigenvalue weighted by atomic mass is 10.0. The first-order valence-corrected chi connectivity index (χ1v) is 11.5. The molecule has 0 bridgehead atoms. The number of anilines is 1. The Labute approximate surface area is 191 Å². The van der Waals surface area contributed by atoms with Crippen molar-refractivity contribution < 1.29 is 19.0 Å². The van der Waals surface area contributed by atoms with Gasteiger partial charge in [0.15, 0.2) is 5.01 Å². The van der Waals surface area contributed by atoms with Crippen LogP contribution in [0.4, 0.5) is 9.52 Å². The van der Waals surface area contributed by atoms with Crippen LogP contribution in [-0.2, 0) is 6.42 Å².